The molecule has 0 spiro atoms. The fraction of sp³-hybridized carbons (Fsp3) is 0. The molecule has 8 nitrogen and oxygen atoms in total. The summed E-state index contributed by atoms with van der Waals surface area (Å²) in [5.41, 5.74) is 0. The van der Waals surface area contributed by atoms with Gasteiger partial charge in [0.15, 0.2) is 0 Å². The fourth-order valence-electron chi connectivity index (χ4n) is 0. The van der Waals surface area contributed by atoms with E-state index >= 15 is 0 Å². The van der Waals surface area contributed by atoms with E-state index in [9.17, 15) is 0 Å². The zero-order valence-corrected chi connectivity index (χ0v) is 8.64. The molecule has 3 N–H and O–H groups in total. The molecule has 0 aliphatic heterocycles. The van der Waals surface area contributed by atoms with Gasteiger partial charge in [0.1, 0.15) is 0 Å². The van der Waals surface area contributed by atoms with Crippen LogP contribution in [0.4, 0.5) is 0 Å². The van der Waals surface area contributed by atoms with Crippen molar-refractivity contribution in [1.82, 2.24) is 0 Å². The van der Waals surface area contributed by atoms with Gasteiger partial charge in [0.25, 0.3) is 0 Å². The van der Waals surface area contributed by atoms with Crippen LogP contribution in [0, 0.1) is 0 Å². The first-order chi connectivity index (χ1) is 4.64. The summed E-state index contributed by atoms with van der Waals surface area (Å²) in [6.07, 6.45) is 0. The van der Waals surface area contributed by atoms with E-state index in [2.05, 4.69) is 0 Å². The van der Waals surface area contributed by atoms with Crippen molar-refractivity contribution in [3.63, 3.8) is 0 Å². The molecule has 0 saturated heterocycles. The maximum absolute atomic E-state index is 9.10. The smallest absolute Gasteiger partial charge is 0.790 e. The molecule has 0 aliphatic carbocycles. The Labute approximate surface area is 96.1 Å². The van der Waals surface area contributed by atoms with Crippen LogP contribution in [0.3, 0.4) is 0 Å². The van der Waals surface area contributed by atoms with Gasteiger partial charge < -0.3 is 29.5 Å². The number of carboxylic acids is 2. The Balaban J connectivity index is -0.000000126. The molecule has 0 radical (unpaired) electrons. The molecule has 66 valence electrons. The van der Waals surface area contributed by atoms with Crippen molar-refractivity contribution >= 4 is 57.5 Å². The van der Waals surface area contributed by atoms with Gasteiger partial charge in [-0.05, 0) is 0 Å². The SMILES string of the molecule is O=C(O)C(=O)O.O=P([O-])([O-])O.[Ca+2]. The molecule has 0 rings (SSSR count). The minimum absolute atomic E-state index is 0. The molecule has 0 aliphatic rings. The average Bonchev–Trinajstić information content (AvgIpc) is 1.59. The average molecular weight is 226 g/mol. The summed E-state index contributed by atoms with van der Waals surface area (Å²) < 4.78 is 8.66. The van der Waals surface area contributed by atoms with Gasteiger partial charge in [-0.1, -0.05) is 0 Å². The van der Waals surface area contributed by atoms with Crippen molar-refractivity contribution in [2.75, 3.05) is 0 Å². The van der Waals surface area contributed by atoms with Gasteiger partial charge >= 0.3 is 49.7 Å². The molecule has 12 heavy (non-hydrogen) atoms. The monoisotopic (exact) mass is 226 g/mol. The van der Waals surface area contributed by atoms with E-state index < -0.39 is 19.8 Å². The number of aliphatic carboxylic acids is 2. The second-order valence-electron chi connectivity index (χ2n) is 1.08. The molecule has 0 aromatic rings. The molecule has 0 aromatic heterocycles. The van der Waals surface area contributed by atoms with E-state index in [0.29, 0.717) is 0 Å². The molecule has 0 saturated carbocycles. The molecule has 0 aromatic carbocycles. The Morgan fingerprint density at radius 2 is 1.17 bits per heavy atom. The van der Waals surface area contributed by atoms with Crippen LogP contribution < -0.4 is 9.79 Å². The fourth-order valence-corrected chi connectivity index (χ4v) is 0. The van der Waals surface area contributed by atoms with Crippen LogP contribution in [0.5, 0.6) is 0 Å². The van der Waals surface area contributed by atoms with Gasteiger partial charge in [-0.25, -0.2) is 9.59 Å². The van der Waals surface area contributed by atoms with Crippen LogP contribution in [-0.4, -0.2) is 64.8 Å². The first-order valence-electron chi connectivity index (χ1n) is 1.85. The summed E-state index contributed by atoms with van der Waals surface area (Å²) in [5, 5.41) is 14.8. The van der Waals surface area contributed by atoms with E-state index in [-0.39, 0.29) is 37.7 Å². The quantitative estimate of drug-likeness (QED) is 0.219. The summed E-state index contributed by atoms with van der Waals surface area (Å²) in [6.45, 7) is 0. The summed E-state index contributed by atoms with van der Waals surface area (Å²) >= 11 is 0. The topological polar surface area (TPSA) is 158 Å². The van der Waals surface area contributed by atoms with Crippen LogP contribution in [-0.2, 0) is 14.2 Å². The minimum atomic E-state index is -5.14. The zero-order valence-electron chi connectivity index (χ0n) is 5.54. The zero-order chi connectivity index (χ0) is 9.65. The van der Waals surface area contributed by atoms with Crippen LogP contribution in [0.1, 0.15) is 0 Å². The minimum Gasteiger partial charge on any atom is -0.790 e. The molecule has 0 bridgehead atoms. The maximum atomic E-state index is 9.10. The first kappa shape index (κ1) is 18.2. The van der Waals surface area contributed by atoms with Gasteiger partial charge in [0, 0.05) is 0 Å². The Hall–Kier alpha value is 0.310. The molecule has 0 unspecified atom stereocenters. The number of carbonyl (C=O) groups is 2. The van der Waals surface area contributed by atoms with Gasteiger partial charge in [0.2, 0.25) is 0 Å². The predicted octanol–water partition coefficient (Wildman–Crippen LogP) is -3.42. The standard InChI is InChI=1S/C2H2O4.Ca.H3O4P/c3-1(4)2(5)6;;1-5(2,3)4/h(H,3,4)(H,5,6);;(H3,1,2,3,4)/q;+2;/p-2. The van der Waals surface area contributed by atoms with E-state index in [0.717, 1.165) is 0 Å². The Morgan fingerprint density at radius 1 is 1.08 bits per heavy atom. The second-order valence-corrected chi connectivity index (χ2v) is 2.02. The van der Waals surface area contributed by atoms with Gasteiger partial charge in [-0.2, -0.15) is 0 Å². The number of hydrogen-bond acceptors (Lipinski definition) is 5. The molecular formula is C2H3CaO8P. The molecule has 0 atom stereocenters. The van der Waals surface area contributed by atoms with Crippen LogP contribution in [0.2, 0.25) is 0 Å². The van der Waals surface area contributed by atoms with E-state index in [1.54, 1.807) is 0 Å². The van der Waals surface area contributed by atoms with Gasteiger partial charge in [-0.3, -0.25) is 0 Å². The maximum Gasteiger partial charge on any atom is 2.00 e. The molecule has 10 heteroatoms. The Bertz CT molecular complexity index is 173. The van der Waals surface area contributed by atoms with E-state index in [4.69, 9.17) is 39.0 Å². The van der Waals surface area contributed by atoms with Crippen molar-refractivity contribution in [2.45, 2.75) is 0 Å². The number of phosphoric acid groups is 1. The predicted molar refractivity (Wildman–Crippen MR) is 30.9 cm³/mol. The number of carboxylic acid groups (broad SMARTS) is 2. The van der Waals surface area contributed by atoms with Crippen molar-refractivity contribution in [2.24, 2.45) is 0 Å². The normalized spacial score (nSPS) is 8.58. The van der Waals surface area contributed by atoms with Crippen molar-refractivity contribution in [3.8, 4) is 0 Å². The van der Waals surface area contributed by atoms with E-state index in [1.807, 2.05) is 0 Å². The first-order valence-corrected chi connectivity index (χ1v) is 3.35. The second kappa shape index (κ2) is 7.93. The van der Waals surface area contributed by atoms with Crippen molar-refractivity contribution in [1.29, 1.82) is 0 Å². The largest absolute Gasteiger partial charge is 2.00 e. The molecule has 0 heterocycles. The number of hydrogen-bond donors (Lipinski definition) is 3. The summed E-state index contributed by atoms with van der Waals surface area (Å²) in [4.78, 5) is 42.5. The third-order valence-corrected chi connectivity index (χ3v) is 0.183. The molecule has 0 amide bonds. The van der Waals surface area contributed by atoms with Gasteiger partial charge in [-0.15, -0.1) is 0 Å². The van der Waals surface area contributed by atoms with E-state index in [1.165, 1.54) is 0 Å². The Kier molecular flexibility index (Phi) is 12.0. The number of rotatable bonds is 0. The van der Waals surface area contributed by atoms with Crippen LogP contribution >= 0.6 is 7.82 Å². The third kappa shape index (κ3) is 48.1. The Morgan fingerprint density at radius 3 is 1.17 bits per heavy atom. The van der Waals surface area contributed by atoms with Crippen molar-refractivity contribution in [3.05, 3.63) is 0 Å². The molecular weight excluding hydrogens is 223 g/mol. The summed E-state index contributed by atoms with van der Waals surface area (Å²) in [7, 11) is -5.14. The van der Waals surface area contributed by atoms with Crippen LogP contribution in [0.25, 0.3) is 0 Å². The molecule has 0 fully saturated rings. The van der Waals surface area contributed by atoms with Crippen LogP contribution in [0.15, 0.2) is 0 Å². The summed E-state index contributed by atoms with van der Waals surface area (Å²) in [6, 6.07) is 0. The summed E-state index contributed by atoms with van der Waals surface area (Å²) in [5.74, 6) is -3.65. The third-order valence-electron chi connectivity index (χ3n) is 0.183. The van der Waals surface area contributed by atoms with Gasteiger partial charge in [0.05, 0.1) is 7.82 Å². The van der Waals surface area contributed by atoms with Crippen molar-refractivity contribution < 1.29 is 39.0 Å².